The summed E-state index contributed by atoms with van der Waals surface area (Å²) >= 11 is 0. The Morgan fingerprint density at radius 3 is 2.66 bits per heavy atom. The second-order valence-electron chi connectivity index (χ2n) is 8.71. The molecule has 1 aromatic heterocycles. The number of hydrogen-bond acceptors (Lipinski definition) is 6. The van der Waals surface area contributed by atoms with Crippen LogP contribution in [0.2, 0.25) is 0 Å². The molecule has 32 heavy (non-hydrogen) atoms. The molecule has 0 bridgehead atoms. The molecule has 2 aliphatic rings. The van der Waals surface area contributed by atoms with E-state index in [2.05, 4.69) is 27.9 Å². The van der Waals surface area contributed by atoms with Crippen LogP contribution in [0.15, 0.2) is 48.8 Å². The van der Waals surface area contributed by atoms with Gasteiger partial charge >= 0.3 is 0 Å². The number of halogens is 1. The number of morpholine rings is 1. The van der Waals surface area contributed by atoms with Crippen LogP contribution in [0.5, 0.6) is 5.75 Å². The zero-order valence-electron chi connectivity index (χ0n) is 18.6. The van der Waals surface area contributed by atoms with Gasteiger partial charge in [0.25, 0.3) is 0 Å². The third-order valence-corrected chi connectivity index (χ3v) is 6.10. The second kappa shape index (κ2) is 10.4. The summed E-state index contributed by atoms with van der Waals surface area (Å²) in [7, 11) is 2.07. The largest absolute Gasteiger partial charge is 0.491 e. The van der Waals surface area contributed by atoms with Crippen LogP contribution >= 0.6 is 0 Å². The van der Waals surface area contributed by atoms with Gasteiger partial charge in [0, 0.05) is 58.2 Å². The first-order chi connectivity index (χ1) is 15.5. The normalized spacial score (nSPS) is 22.6. The Labute approximate surface area is 188 Å². The van der Waals surface area contributed by atoms with Crippen molar-refractivity contribution in [3.05, 3.63) is 60.2 Å². The average Bonchev–Trinajstić information content (AvgIpc) is 2.80. The quantitative estimate of drug-likeness (QED) is 0.654. The molecule has 0 radical (unpaired) electrons. The second-order valence-corrected chi connectivity index (χ2v) is 8.71. The van der Waals surface area contributed by atoms with Gasteiger partial charge in [-0.05, 0) is 42.9 Å². The lowest BCUT2D eigenvalue weighted by molar-refractivity contribution is -0.157. The van der Waals surface area contributed by atoms with E-state index in [9.17, 15) is 9.18 Å². The maximum atomic E-state index is 13.3. The van der Waals surface area contributed by atoms with Crippen molar-refractivity contribution in [3.8, 4) is 5.75 Å². The lowest BCUT2D eigenvalue weighted by Crippen LogP contribution is -2.58. The van der Waals surface area contributed by atoms with Gasteiger partial charge in [-0.1, -0.05) is 6.07 Å². The highest BCUT2D eigenvalue weighted by atomic mass is 19.1. The van der Waals surface area contributed by atoms with Crippen LogP contribution in [0, 0.1) is 5.82 Å². The van der Waals surface area contributed by atoms with Crippen LogP contribution in [0.1, 0.15) is 12.0 Å². The first-order valence-corrected chi connectivity index (χ1v) is 11.1. The molecule has 0 spiro atoms. The van der Waals surface area contributed by atoms with Gasteiger partial charge in [0.2, 0.25) is 5.91 Å². The molecule has 2 saturated heterocycles. The average molecular weight is 443 g/mol. The van der Waals surface area contributed by atoms with E-state index in [0.717, 1.165) is 44.8 Å². The highest BCUT2D eigenvalue weighted by molar-refractivity contribution is 5.77. The van der Waals surface area contributed by atoms with E-state index in [-0.39, 0.29) is 24.8 Å². The Morgan fingerprint density at radius 2 is 1.94 bits per heavy atom. The predicted molar refractivity (Wildman–Crippen MR) is 119 cm³/mol. The van der Waals surface area contributed by atoms with Crippen molar-refractivity contribution in [2.75, 3.05) is 59.5 Å². The molecule has 2 fully saturated rings. The highest BCUT2D eigenvalue weighted by Crippen LogP contribution is 2.26. The third kappa shape index (κ3) is 6.03. The fourth-order valence-corrected chi connectivity index (χ4v) is 4.24. The number of pyridine rings is 1. The van der Waals surface area contributed by atoms with Gasteiger partial charge in [-0.15, -0.1) is 0 Å². The van der Waals surface area contributed by atoms with E-state index >= 15 is 0 Å². The predicted octanol–water partition coefficient (Wildman–Crippen LogP) is 2.03. The van der Waals surface area contributed by atoms with E-state index in [1.54, 1.807) is 18.3 Å². The minimum absolute atomic E-state index is 0.0871. The zero-order valence-corrected chi connectivity index (χ0v) is 18.6. The Hall–Kier alpha value is -2.55. The van der Waals surface area contributed by atoms with E-state index in [0.29, 0.717) is 18.9 Å². The molecule has 0 N–H and O–H groups in total. The summed E-state index contributed by atoms with van der Waals surface area (Å²) in [6, 6.07) is 9.91. The molecular formula is C24H31FN4O3. The van der Waals surface area contributed by atoms with Gasteiger partial charge in [0.15, 0.2) is 0 Å². The van der Waals surface area contributed by atoms with Crippen molar-refractivity contribution in [3.63, 3.8) is 0 Å². The minimum atomic E-state index is -0.769. The molecule has 1 amide bonds. The fourth-order valence-electron chi connectivity index (χ4n) is 4.24. The molecule has 3 heterocycles. The topological polar surface area (TPSA) is 58.1 Å². The van der Waals surface area contributed by atoms with Crippen molar-refractivity contribution in [2.24, 2.45) is 0 Å². The van der Waals surface area contributed by atoms with E-state index < -0.39 is 5.60 Å². The zero-order chi connectivity index (χ0) is 22.4. The minimum Gasteiger partial charge on any atom is -0.491 e. The standard InChI is InChI=1S/C24H31FN4O3/c1-27-9-11-29(12-10-27)23(30)15-24(19-31-22-6-4-21(25)5-7-22)18-28(13-14-32-24)17-20-3-2-8-26-16-20/h2-8,16H,9-15,17-19H2,1H3. The van der Waals surface area contributed by atoms with Gasteiger partial charge in [0.05, 0.1) is 13.0 Å². The molecule has 1 aromatic carbocycles. The van der Waals surface area contributed by atoms with Gasteiger partial charge in [-0.2, -0.15) is 0 Å². The van der Waals surface area contributed by atoms with Gasteiger partial charge in [0.1, 0.15) is 23.8 Å². The van der Waals surface area contributed by atoms with Crippen LogP contribution in [0.4, 0.5) is 4.39 Å². The Kier molecular flexibility index (Phi) is 7.34. The maximum Gasteiger partial charge on any atom is 0.225 e. The molecule has 7 nitrogen and oxygen atoms in total. The third-order valence-electron chi connectivity index (χ3n) is 6.10. The summed E-state index contributed by atoms with van der Waals surface area (Å²) in [6.45, 7) is 6.02. The summed E-state index contributed by atoms with van der Waals surface area (Å²) in [5.41, 5.74) is 0.350. The number of rotatable bonds is 7. The Morgan fingerprint density at radius 1 is 1.16 bits per heavy atom. The van der Waals surface area contributed by atoms with Gasteiger partial charge in [-0.3, -0.25) is 14.7 Å². The number of ether oxygens (including phenoxy) is 2. The summed E-state index contributed by atoms with van der Waals surface area (Å²) in [4.78, 5) is 23.8. The monoisotopic (exact) mass is 442 g/mol. The summed E-state index contributed by atoms with van der Waals surface area (Å²) in [5, 5.41) is 0. The molecule has 172 valence electrons. The van der Waals surface area contributed by atoms with E-state index in [1.807, 2.05) is 17.2 Å². The molecule has 0 aliphatic carbocycles. The summed E-state index contributed by atoms with van der Waals surface area (Å²) in [5.74, 6) is 0.337. The molecule has 4 rings (SSSR count). The SMILES string of the molecule is CN1CCN(C(=O)CC2(COc3ccc(F)cc3)CN(Cc3cccnc3)CCO2)CC1. The number of carbonyl (C=O) groups is 1. The van der Waals surface area contributed by atoms with Crippen LogP contribution in [0.3, 0.4) is 0 Å². The maximum absolute atomic E-state index is 13.3. The van der Waals surface area contributed by atoms with Crippen molar-refractivity contribution in [1.82, 2.24) is 19.7 Å². The number of aromatic nitrogens is 1. The Bertz CT molecular complexity index is 875. The molecule has 1 atom stereocenters. The van der Waals surface area contributed by atoms with Crippen LogP contribution in [-0.2, 0) is 16.1 Å². The highest BCUT2D eigenvalue weighted by Gasteiger charge is 2.41. The molecular weight excluding hydrogens is 411 g/mol. The number of carbonyl (C=O) groups excluding carboxylic acids is 1. The van der Waals surface area contributed by atoms with Crippen LogP contribution in [-0.4, -0.2) is 90.7 Å². The molecule has 1 unspecified atom stereocenters. The van der Waals surface area contributed by atoms with E-state index in [1.165, 1.54) is 12.1 Å². The first kappa shape index (κ1) is 22.6. The fraction of sp³-hybridized carbons (Fsp3) is 0.500. The first-order valence-electron chi connectivity index (χ1n) is 11.1. The number of amides is 1. The Balaban J connectivity index is 1.47. The molecule has 2 aliphatic heterocycles. The van der Waals surface area contributed by atoms with Gasteiger partial charge < -0.3 is 19.3 Å². The smallest absolute Gasteiger partial charge is 0.225 e. The van der Waals surface area contributed by atoms with Crippen LogP contribution < -0.4 is 4.74 Å². The summed E-state index contributed by atoms with van der Waals surface area (Å²) in [6.07, 6.45) is 3.88. The molecule has 2 aromatic rings. The van der Waals surface area contributed by atoms with Crippen molar-refractivity contribution >= 4 is 5.91 Å². The van der Waals surface area contributed by atoms with Crippen molar-refractivity contribution in [1.29, 1.82) is 0 Å². The number of benzene rings is 1. The van der Waals surface area contributed by atoms with Crippen molar-refractivity contribution in [2.45, 2.75) is 18.6 Å². The molecule has 8 heteroatoms. The van der Waals surface area contributed by atoms with Crippen molar-refractivity contribution < 1.29 is 18.7 Å². The van der Waals surface area contributed by atoms with Gasteiger partial charge in [-0.25, -0.2) is 4.39 Å². The number of hydrogen-bond donors (Lipinski definition) is 0. The number of nitrogens with zero attached hydrogens (tertiary/aromatic N) is 4. The molecule has 0 saturated carbocycles. The van der Waals surface area contributed by atoms with Crippen LogP contribution in [0.25, 0.3) is 0 Å². The number of piperazine rings is 1. The number of likely N-dealkylation sites (N-methyl/N-ethyl adjacent to an activating group) is 1. The van der Waals surface area contributed by atoms with E-state index in [4.69, 9.17) is 9.47 Å². The lowest BCUT2D eigenvalue weighted by atomic mass is 9.96. The lowest BCUT2D eigenvalue weighted by Gasteiger charge is -2.43. The summed E-state index contributed by atoms with van der Waals surface area (Å²) < 4.78 is 25.5.